The number of aromatic nitrogens is 2. The van der Waals surface area contributed by atoms with Crippen molar-refractivity contribution in [2.45, 2.75) is 78.6 Å². The Labute approximate surface area is 443 Å². The Balaban J connectivity index is 0.00000574. The van der Waals surface area contributed by atoms with Gasteiger partial charge >= 0.3 is 0 Å². The van der Waals surface area contributed by atoms with Gasteiger partial charge in [0.05, 0.1) is 11.3 Å². The van der Waals surface area contributed by atoms with E-state index in [0.29, 0.717) is 17.1 Å². The van der Waals surface area contributed by atoms with Crippen LogP contribution < -0.4 is 14.5 Å². The largest absolute Gasteiger partial charge is 0.512 e. The van der Waals surface area contributed by atoms with Crippen molar-refractivity contribution < 1.29 is 30.2 Å². The van der Waals surface area contributed by atoms with Crippen LogP contribution in [0.3, 0.4) is 0 Å². The summed E-state index contributed by atoms with van der Waals surface area (Å²) < 4.78 is 16.0. The van der Waals surface area contributed by atoms with E-state index in [9.17, 15) is 0 Å². The number of hydrogen-bond donors (Lipinski definition) is 0. The van der Waals surface area contributed by atoms with Crippen LogP contribution in [-0.2, 0) is 37.3 Å². The van der Waals surface area contributed by atoms with Gasteiger partial charge in [-0.2, -0.15) is 6.07 Å². The molecule has 1 aliphatic heterocycles. The molecule has 73 heavy (non-hydrogen) atoms. The Hall–Kier alpha value is -7.40. The number of benzene rings is 8. The van der Waals surface area contributed by atoms with E-state index in [1.165, 1.54) is 16.7 Å². The quantitative estimate of drug-likeness (QED) is 0.149. The minimum atomic E-state index is -0.188. The van der Waals surface area contributed by atoms with Gasteiger partial charge in [-0.25, -0.2) is 4.98 Å². The van der Waals surface area contributed by atoms with Gasteiger partial charge in [-0.3, -0.25) is 0 Å². The molecule has 0 bridgehead atoms. The van der Waals surface area contributed by atoms with Crippen LogP contribution in [0.25, 0.3) is 71.8 Å². The average molecular weight is 1130 g/mol. The van der Waals surface area contributed by atoms with Gasteiger partial charge in [0.25, 0.3) is 0 Å². The summed E-state index contributed by atoms with van der Waals surface area (Å²) in [5.41, 5.74) is 15.5. The van der Waals surface area contributed by atoms with E-state index in [0.717, 1.165) is 89.0 Å². The van der Waals surface area contributed by atoms with Gasteiger partial charge in [0.2, 0.25) is 0 Å². The third kappa shape index (κ3) is 8.60. The van der Waals surface area contributed by atoms with Crippen molar-refractivity contribution in [2.75, 3.05) is 9.80 Å². The number of pyridine rings is 1. The molecular weight excluding hydrogens is 1080 g/mol. The van der Waals surface area contributed by atoms with Crippen LogP contribution in [0.1, 0.15) is 79.0 Å². The zero-order valence-corrected chi connectivity index (χ0v) is 45.0. The van der Waals surface area contributed by atoms with E-state index in [4.69, 9.17) is 14.1 Å². The molecule has 366 valence electrons. The maximum atomic E-state index is 7.06. The predicted octanol–water partition coefficient (Wildman–Crippen LogP) is 18.1. The van der Waals surface area contributed by atoms with Crippen molar-refractivity contribution in [3.63, 3.8) is 0 Å². The Morgan fingerprint density at radius 2 is 1.23 bits per heavy atom. The van der Waals surface area contributed by atoms with Gasteiger partial charge in [-0.05, 0) is 97.5 Å². The fraction of sp³-hybridized carbons (Fsp3) is 0.182. The number of fused-ring (bicyclic) bond motifs is 7. The Bertz CT molecular complexity index is 3890. The van der Waals surface area contributed by atoms with E-state index in [-0.39, 0.29) is 37.3 Å². The summed E-state index contributed by atoms with van der Waals surface area (Å²) in [6.45, 7) is 22.5. The van der Waals surface area contributed by atoms with Crippen LogP contribution in [0.2, 0.25) is 0 Å². The normalized spacial score (nSPS) is 13.1. The molecule has 7 heteroatoms. The van der Waals surface area contributed by atoms with Crippen LogP contribution in [0.15, 0.2) is 180 Å². The van der Waals surface area contributed by atoms with Crippen molar-refractivity contribution in [1.82, 2.24) is 9.55 Å². The zero-order chi connectivity index (χ0) is 49.7. The SMILES string of the molecule is CC(C)(C)c1ccc(-c2cnc(-n3c4[c-]c(Oc5[c-]c(N6[CH-]N(c7cccc(C(C)(C)C)c7)c7ccccc76)cc6c5oc5ccccc56)ccc4c4cc(-c5ccccc5)ccc43)cc2C(C)(C)C)cc1.[Pt]. The van der Waals surface area contributed by atoms with E-state index in [2.05, 4.69) is 241 Å². The molecule has 1 aliphatic rings. The topological polar surface area (TPSA) is 46.7 Å². The fourth-order valence-corrected chi connectivity index (χ4v) is 10.3. The standard InChI is InChI=1S/C66H57N4O2.Pt/c1-64(2,3)45-29-26-43(27-30-45)54-40-67-62(39-55(54)66(7,8)9)70-56-33-28-44(42-18-11-10-12-19-42)34-52(56)50-32-31-49(38-59(50)70)71-61-37-48(36-53-51-22-13-16-25-60(51)72-63(53)61)69-41-68(57-23-14-15-24-58(57)69)47-21-17-20-46(35-47)65(4,5)6;/h10-36,39-41H,1-9H3;/q-3;. The number of nitrogens with zero attached hydrogens (tertiary/aromatic N) is 4. The first-order valence-corrected chi connectivity index (χ1v) is 24.9. The Morgan fingerprint density at radius 1 is 0.534 bits per heavy atom. The average Bonchev–Trinajstić information content (AvgIpc) is 4.06. The molecule has 0 atom stereocenters. The van der Waals surface area contributed by atoms with E-state index in [1.807, 2.05) is 30.5 Å². The molecule has 0 amide bonds. The molecule has 0 aliphatic carbocycles. The summed E-state index contributed by atoms with van der Waals surface area (Å²) in [5.74, 6) is 1.81. The molecule has 0 spiro atoms. The fourth-order valence-electron chi connectivity index (χ4n) is 10.3. The third-order valence-electron chi connectivity index (χ3n) is 14.2. The molecule has 8 aromatic carbocycles. The summed E-state index contributed by atoms with van der Waals surface area (Å²) in [4.78, 5) is 9.75. The Morgan fingerprint density at radius 3 is 1.97 bits per heavy atom. The second kappa shape index (κ2) is 18.0. The number of para-hydroxylation sites is 3. The molecule has 6 nitrogen and oxygen atoms in total. The molecular formula is C66H57N4O2Pt-3. The van der Waals surface area contributed by atoms with Gasteiger partial charge in [0.15, 0.2) is 0 Å². The van der Waals surface area contributed by atoms with E-state index < -0.39 is 0 Å². The van der Waals surface area contributed by atoms with Gasteiger partial charge in [-0.15, -0.1) is 36.3 Å². The molecule has 4 heterocycles. The predicted molar refractivity (Wildman–Crippen MR) is 298 cm³/mol. The van der Waals surface area contributed by atoms with Crippen molar-refractivity contribution in [3.05, 3.63) is 212 Å². The molecule has 0 unspecified atom stereocenters. The molecule has 3 aromatic heterocycles. The van der Waals surface area contributed by atoms with Gasteiger partial charge in [-0.1, -0.05) is 188 Å². The van der Waals surface area contributed by atoms with Crippen molar-refractivity contribution in [2.24, 2.45) is 0 Å². The number of ether oxygens (including phenoxy) is 1. The summed E-state index contributed by atoms with van der Waals surface area (Å²) >= 11 is 0. The molecule has 0 N–H and O–H groups in total. The summed E-state index contributed by atoms with van der Waals surface area (Å²) in [5, 5.41) is 4.08. The summed E-state index contributed by atoms with van der Waals surface area (Å²) in [6, 6.07) is 67.8. The molecule has 0 radical (unpaired) electrons. The van der Waals surface area contributed by atoms with E-state index >= 15 is 0 Å². The summed E-state index contributed by atoms with van der Waals surface area (Å²) in [7, 11) is 0. The molecule has 12 rings (SSSR count). The zero-order valence-electron chi connectivity index (χ0n) is 42.7. The van der Waals surface area contributed by atoms with Crippen LogP contribution in [0, 0.1) is 18.8 Å². The van der Waals surface area contributed by atoms with Gasteiger partial charge < -0.3 is 23.5 Å². The number of rotatable bonds is 7. The first-order chi connectivity index (χ1) is 34.6. The first kappa shape index (κ1) is 47.9. The minimum Gasteiger partial charge on any atom is -0.512 e. The number of furan rings is 1. The second-order valence-corrected chi connectivity index (χ2v) is 22.3. The van der Waals surface area contributed by atoms with Crippen LogP contribution in [0.5, 0.6) is 11.5 Å². The van der Waals surface area contributed by atoms with Crippen molar-refractivity contribution >= 4 is 66.5 Å². The maximum absolute atomic E-state index is 7.06. The third-order valence-corrected chi connectivity index (χ3v) is 14.2. The van der Waals surface area contributed by atoms with Gasteiger partial charge in [0.1, 0.15) is 11.4 Å². The molecule has 0 fully saturated rings. The molecule has 0 saturated heterocycles. The van der Waals surface area contributed by atoms with Crippen molar-refractivity contribution in [1.29, 1.82) is 0 Å². The maximum Gasteiger partial charge on any atom is 0.135 e. The molecule has 0 saturated carbocycles. The number of anilines is 4. The molecule has 11 aromatic rings. The summed E-state index contributed by atoms with van der Waals surface area (Å²) in [6.07, 6.45) is 2.05. The van der Waals surface area contributed by atoms with Crippen LogP contribution in [-0.4, -0.2) is 9.55 Å². The van der Waals surface area contributed by atoms with Crippen LogP contribution >= 0.6 is 0 Å². The van der Waals surface area contributed by atoms with Crippen molar-refractivity contribution in [3.8, 4) is 39.6 Å². The minimum absolute atomic E-state index is 0. The van der Waals surface area contributed by atoms with Crippen LogP contribution in [0.4, 0.5) is 22.7 Å². The second-order valence-electron chi connectivity index (χ2n) is 22.3. The van der Waals surface area contributed by atoms with E-state index in [1.54, 1.807) is 0 Å². The monoisotopic (exact) mass is 1130 g/mol. The number of hydrogen-bond acceptors (Lipinski definition) is 5. The first-order valence-electron chi connectivity index (χ1n) is 24.9. The Kier molecular flexibility index (Phi) is 11.8. The smallest absolute Gasteiger partial charge is 0.135 e. The van der Waals surface area contributed by atoms with Gasteiger partial charge in [0, 0.05) is 66.5 Å².